The Morgan fingerprint density at radius 1 is 1.12 bits per heavy atom. The minimum atomic E-state index is -0.971. The van der Waals surface area contributed by atoms with Gasteiger partial charge in [0.25, 0.3) is 5.91 Å². The van der Waals surface area contributed by atoms with Crippen LogP contribution in [0, 0.1) is 17.8 Å². The standard InChI is InChI=1S/C27H30Cl2N2O3/c1-16(2)20-7-4-17(3)13-27(14-20)30-24(21-10-22(28)12-23(29)11-21)25(32)31(27)15-18-5-8-19(9-6-18)26(33)34/h5-6,8-12,16-17,20H,4,7,13-15H2,1-3H3,(H,33,34). The molecular weight excluding hydrogens is 471 g/mol. The lowest BCUT2D eigenvalue weighted by Crippen LogP contribution is -2.48. The Morgan fingerprint density at radius 2 is 1.76 bits per heavy atom. The summed E-state index contributed by atoms with van der Waals surface area (Å²) in [4.78, 5) is 32.2. The Bertz CT molecular complexity index is 1110. The molecule has 7 heteroatoms. The van der Waals surface area contributed by atoms with E-state index in [2.05, 4.69) is 20.8 Å². The van der Waals surface area contributed by atoms with E-state index >= 15 is 0 Å². The molecule has 2 aliphatic rings. The fourth-order valence-corrected chi connectivity index (χ4v) is 5.84. The van der Waals surface area contributed by atoms with Crippen LogP contribution in [0.25, 0.3) is 0 Å². The summed E-state index contributed by atoms with van der Waals surface area (Å²) < 4.78 is 0. The van der Waals surface area contributed by atoms with E-state index in [9.17, 15) is 14.7 Å². The number of amides is 1. The first-order chi connectivity index (χ1) is 16.1. The molecule has 34 heavy (non-hydrogen) atoms. The normalized spacial score (nSPS) is 25.1. The summed E-state index contributed by atoms with van der Waals surface area (Å²) in [6.07, 6.45) is 3.80. The van der Waals surface area contributed by atoms with Crippen LogP contribution in [0.3, 0.4) is 0 Å². The van der Waals surface area contributed by atoms with Gasteiger partial charge in [0.05, 0.1) is 5.56 Å². The second-order valence-corrected chi connectivity index (χ2v) is 11.0. The maximum atomic E-state index is 13.9. The fraction of sp³-hybridized carbons (Fsp3) is 0.444. The van der Waals surface area contributed by atoms with Gasteiger partial charge >= 0.3 is 5.97 Å². The third-order valence-corrected chi connectivity index (χ3v) is 7.62. The zero-order chi connectivity index (χ0) is 24.6. The summed E-state index contributed by atoms with van der Waals surface area (Å²) in [7, 11) is 0. The van der Waals surface area contributed by atoms with Crippen LogP contribution in [0.2, 0.25) is 10.0 Å². The summed E-state index contributed by atoms with van der Waals surface area (Å²) in [5, 5.41) is 10.2. The molecule has 2 aromatic carbocycles. The van der Waals surface area contributed by atoms with Crippen molar-refractivity contribution in [2.24, 2.45) is 22.7 Å². The van der Waals surface area contributed by atoms with Crippen molar-refractivity contribution in [3.63, 3.8) is 0 Å². The molecule has 3 unspecified atom stereocenters. The summed E-state index contributed by atoms with van der Waals surface area (Å²) in [6, 6.07) is 11.8. The molecule has 2 aromatic rings. The van der Waals surface area contributed by atoms with Crippen molar-refractivity contribution in [2.75, 3.05) is 0 Å². The highest BCUT2D eigenvalue weighted by Gasteiger charge is 2.50. The zero-order valence-electron chi connectivity index (χ0n) is 19.7. The van der Waals surface area contributed by atoms with Gasteiger partial charge in [0.2, 0.25) is 0 Å². The zero-order valence-corrected chi connectivity index (χ0v) is 21.2. The average Bonchev–Trinajstić information content (AvgIpc) is 2.90. The van der Waals surface area contributed by atoms with Crippen LogP contribution >= 0.6 is 23.2 Å². The van der Waals surface area contributed by atoms with Gasteiger partial charge in [0.15, 0.2) is 0 Å². The number of benzene rings is 2. The van der Waals surface area contributed by atoms with Crippen LogP contribution in [0.4, 0.5) is 0 Å². The number of hydrogen-bond acceptors (Lipinski definition) is 3. The molecule has 1 aliphatic heterocycles. The van der Waals surface area contributed by atoms with E-state index in [0.29, 0.717) is 45.6 Å². The molecule has 1 saturated carbocycles. The second kappa shape index (κ2) is 9.71. The number of carboxylic acid groups (broad SMARTS) is 1. The van der Waals surface area contributed by atoms with Gasteiger partial charge in [-0.3, -0.25) is 9.79 Å². The largest absolute Gasteiger partial charge is 0.478 e. The van der Waals surface area contributed by atoms with E-state index in [0.717, 1.165) is 31.2 Å². The summed E-state index contributed by atoms with van der Waals surface area (Å²) in [5.74, 6) is 0.229. The quantitative estimate of drug-likeness (QED) is 0.496. The van der Waals surface area contributed by atoms with Crippen LogP contribution in [-0.2, 0) is 11.3 Å². The highest BCUT2D eigenvalue weighted by atomic mass is 35.5. The van der Waals surface area contributed by atoms with E-state index < -0.39 is 11.6 Å². The molecule has 0 bridgehead atoms. The molecular formula is C27H30Cl2N2O3. The first-order valence-corrected chi connectivity index (χ1v) is 12.5. The van der Waals surface area contributed by atoms with Crippen molar-refractivity contribution in [3.8, 4) is 0 Å². The molecule has 1 aliphatic carbocycles. The van der Waals surface area contributed by atoms with Crippen LogP contribution in [0.1, 0.15) is 67.9 Å². The van der Waals surface area contributed by atoms with Crippen LogP contribution in [0.15, 0.2) is 47.5 Å². The maximum Gasteiger partial charge on any atom is 0.335 e. The molecule has 1 fully saturated rings. The van der Waals surface area contributed by atoms with E-state index in [1.54, 1.807) is 42.5 Å². The highest BCUT2D eigenvalue weighted by Crippen LogP contribution is 2.45. The number of carbonyl (C=O) groups is 2. The van der Waals surface area contributed by atoms with Gasteiger partial charge in [0.1, 0.15) is 11.4 Å². The van der Waals surface area contributed by atoms with Crippen LogP contribution in [0.5, 0.6) is 0 Å². The molecule has 0 aromatic heterocycles. The highest BCUT2D eigenvalue weighted by molar-refractivity contribution is 6.47. The van der Waals surface area contributed by atoms with E-state index in [4.69, 9.17) is 28.2 Å². The van der Waals surface area contributed by atoms with Crippen molar-refractivity contribution in [3.05, 3.63) is 69.2 Å². The monoisotopic (exact) mass is 500 g/mol. The number of nitrogens with zero attached hydrogens (tertiary/aromatic N) is 2. The van der Waals surface area contributed by atoms with Crippen molar-refractivity contribution >= 4 is 40.8 Å². The Labute approximate surface area is 210 Å². The lowest BCUT2D eigenvalue weighted by atomic mass is 9.84. The van der Waals surface area contributed by atoms with Crippen molar-refractivity contribution in [1.82, 2.24) is 4.90 Å². The summed E-state index contributed by atoms with van der Waals surface area (Å²) in [5.41, 5.74) is 1.46. The molecule has 1 heterocycles. The van der Waals surface area contributed by atoms with Crippen molar-refractivity contribution in [1.29, 1.82) is 0 Å². The predicted molar refractivity (Wildman–Crippen MR) is 136 cm³/mol. The number of carboxylic acids is 1. The van der Waals surface area contributed by atoms with Gasteiger partial charge in [0, 0.05) is 22.2 Å². The minimum absolute atomic E-state index is 0.141. The number of aromatic carboxylic acids is 1. The first kappa shape index (κ1) is 24.7. The molecule has 5 nitrogen and oxygen atoms in total. The minimum Gasteiger partial charge on any atom is -0.478 e. The number of carbonyl (C=O) groups excluding carboxylic acids is 1. The van der Waals surface area contributed by atoms with Crippen LogP contribution < -0.4 is 0 Å². The maximum absolute atomic E-state index is 13.9. The summed E-state index contributed by atoms with van der Waals surface area (Å²) >= 11 is 12.5. The fourth-order valence-electron chi connectivity index (χ4n) is 5.31. The molecule has 3 atom stereocenters. The molecule has 180 valence electrons. The Hall–Kier alpha value is -2.37. The lowest BCUT2D eigenvalue weighted by Gasteiger charge is -2.39. The Kier molecular flexibility index (Phi) is 7.07. The van der Waals surface area contributed by atoms with Gasteiger partial charge < -0.3 is 10.0 Å². The van der Waals surface area contributed by atoms with Gasteiger partial charge in [-0.2, -0.15) is 0 Å². The van der Waals surface area contributed by atoms with Gasteiger partial charge in [-0.25, -0.2) is 4.79 Å². The topological polar surface area (TPSA) is 70.0 Å². The average molecular weight is 501 g/mol. The predicted octanol–water partition coefficient (Wildman–Crippen LogP) is 6.70. The van der Waals surface area contributed by atoms with E-state index in [-0.39, 0.29) is 11.5 Å². The first-order valence-electron chi connectivity index (χ1n) is 11.8. The van der Waals surface area contributed by atoms with Crippen molar-refractivity contribution in [2.45, 2.75) is 58.7 Å². The SMILES string of the molecule is CC1CCC(C(C)C)CC2(C1)N=C(c1cc(Cl)cc(Cl)c1)C(=O)N2Cc1ccc(C(=O)O)cc1. The number of halogens is 2. The lowest BCUT2D eigenvalue weighted by molar-refractivity contribution is -0.129. The van der Waals surface area contributed by atoms with Gasteiger partial charge in [-0.15, -0.1) is 0 Å². The summed E-state index contributed by atoms with van der Waals surface area (Å²) in [6.45, 7) is 7.07. The number of rotatable bonds is 5. The van der Waals surface area contributed by atoms with Gasteiger partial charge in [-0.05, 0) is 72.9 Å². The molecule has 1 N–H and O–H groups in total. The van der Waals surface area contributed by atoms with Gasteiger partial charge in [-0.1, -0.05) is 62.5 Å². The molecule has 0 radical (unpaired) electrons. The number of hydrogen-bond donors (Lipinski definition) is 1. The Morgan fingerprint density at radius 3 is 2.35 bits per heavy atom. The molecule has 1 amide bonds. The Balaban J connectivity index is 1.78. The smallest absolute Gasteiger partial charge is 0.335 e. The van der Waals surface area contributed by atoms with Crippen molar-refractivity contribution < 1.29 is 14.7 Å². The van der Waals surface area contributed by atoms with E-state index in [1.165, 1.54) is 0 Å². The molecule has 1 spiro atoms. The van der Waals surface area contributed by atoms with Crippen LogP contribution in [-0.4, -0.2) is 33.3 Å². The number of aliphatic imine (C=N–C) groups is 1. The molecule has 0 saturated heterocycles. The third-order valence-electron chi connectivity index (χ3n) is 7.19. The molecule has 4 rings (SSSR count). The van der Waals surface area contributed by atoms with E-state index in [1.807, 2.05) is 4.90 Å². The third kappa shape index (κ3) is 5.01. The second-order valence-electron chi connectivity index (χ2n) is 10.1.